The number of hydrogen-bond donors (Lipinski definition) is 1. The fraction of sp³-hybridized carbons (Fsp3) is 0.333. The van der Waals surface area contributed by atoms with Gasteiger partial charge in [-0.3, -0.25) is 0 Å². The standard InChI is InChI=1S/C33H38N2O2Si/c1-25-31(23-34-26(2)35-25)37-24-33(27-14-8-5-9-15-27)22-28(33)20-21-32(3,4)38(36,29-16-10-6-11-17-29)30-18-12-7-13-19-30/h5-19,23,28,36H,20-22,24H2,1-4H3/t28-,33-/m1/s1. The lowest BCUT2D eigenvalue weighted by Crippen LogP contribution is -2.65. The van der Waals surface area contributed by atoms with Crippen LogP contribution in [0, 0.1) is 19.8 Å². The molecule has 2 atom stereocenters. The first-order valence-corrected chi connectivity index (χ1v) is 15.5. The van der Waals surface area contributed by atoms with Crippen molar-refractivity contribution < 1.29 is 9.53 Å². The smallest absolute Gasteiger partial charge is 0.258 e. The summed E-state index contributed by atoms with van der Waals surface area (Å²) in [6, 6.07) is 31.4. The topological polar surface area (TPSA) is 55.2 Å². The first kappa shape index (κ1) is 26.3. The number of rotatable bonds is 10. The van der Waals surface area contributed by atoms with Crippen molar-refractivity contribution in [2.75, 3.05) is 6.61 Å². The number of ether oxygens (including phenoxy) is 1. The van der Waals surface area contributed by atoms with Crippen LogP contribution in [0.5, 0.6) is 5.75 Å². The highest BCUT2D eigenvalue weighted by Gasteiger charge is 2.57. The van der Waals surface area contributed by atoms with E-state index in [-0.39, 0.29) is 10.5 Å². The molecule has 196 valence electrons. The zero-order valence-corrected chi connectivity index (χ0v) is 23.9. The Morgan fingerprint density at radius 1 is 0.895 bits per heavy atom. The van der Waals surface area contributed by atoms with Gasteiger partial charge in [0.15, 0.2) is 5.75 Å². The Morgan fingerprint density at radius 2 is 1.45 bits per heavy atom. The van der Waals surface area contributed by atoms with Gasteiger partial charge in [0.1, 0.15) is 5.82 Å². The summed E-state index contributed by atoms with van der Waals surface area (Å²) in [6.07, 6.45) is 4.84. The first-order valence-electron chi connectivity index (χ1n) is 13.6. The predicted octanol–water partition coefficient (Wildman–Crippen LogP) is 5.74. The van der Waals surface area contributed by atoms with Gasteiger partial charge in [0.25, 0.3) is 8.32 Å². The van der Waals surface area contributed by atoms with E-state index >= 15 is 0 Å². The Kier molecular flexibility index (Phi) is 7.25. The van der Waals surface area contributed by atoms with E-state index in [4.69, 9.17) is 4.74 Å². The van der Waals surface area contributed by atoms with Crippen LogP contribution in [-0.4, -0.2) is 29.7 Å². The molecule has 0 bridgehead atoms. The minimum atomic E-state index is -3.03. The molecule has 1 fully saturated rings. The van der Waals surface area contributed by atoms with Crippen molar-refractivity contribution in [3.63, 3.8) is 0 Å². The maximum Gasteiger partial charge on any atom is 0.258 e. The predicted molar refractivity (Wildman–Crippen MR) is 157 cm³/mol. The molecule has 3 aromatic carbocycles. The lowest BCUT2D eigenvalue weighted by atomic mass is 9.91. The highest BCUT2D eigenvalue weighted by molar-refractivity contribution is 6.98. The molecule has 0 unspecified atom stereocenters. The summed E-state index contributed by atoms with van der Waals surface area (Å²) in [4.78, 5) is 21.4. The summed E-state index contributed by atoms with van der Waals surface area (Å²) < 4.78 is 6.38. The molecule has 1 heterocycles. The second-order valence-corrected chi connectivity index (χ2v) is 15.4. The molecule has 38 heavy (non-hydrogen) atoms. The first-order chi connectivity index (χ1) is 18.3. The Morgan fingerprint density at radius 3 is 2.00 bits per heavy atom. The molecule has 0 radical (unpaired) electrons. The Labute approximate surface area is 227 Å². The van der Waals surface area contributed by atoms with Crippen LogP contribution >= 0.6 is 0 Å². The fourth-order valence-corrected chi connectivity index (χ4v) is 9.84. The third kappa shape index (κ3) is 4.93. The van der Waals surface area contributed by atoms with Gasteiger partial charge in [-0.15, -0.1) is 0 Å². The molecule has 1 aliphatic carbocycles. The Bertz CT molecular complexity index is 1320. The van der Waals surface area contributed by atoms with Gasteiger partial charge < -0.3 is 9.53 Å². The molecule has 1 N–H and O–H groups in total. The highest BCUT2D eigenvalue weighted by atomic mass is 28.4. The zero-order valence-electron chi connectivity index (χ0n) is 22.9. The quantitative estimate of drug-likeness (QED) is 0.270. The van der Waals surface area contributed by atoms with Gasteiger partial charge in [0.05, 0.1) is 18.5 Å². The van der Waals surface area contributed by atoms with Gasteiger partial charge in [0, 0.05) is 5.41 Å². The molecular weight excluding hydrogens is 484 g/mol. The van der Waals surface area contributed by atoms with Gasteiger partial charge in [-0.05, 0) is 60.0 Å². The minimum absolute atomic E-state index is 0.0339. The van der Waals surface area contributed by atoms with E-state index in [2.05, 4.69) is 78.4 Å². The number of hydrogen-bond acceptors (Lipinski definition) is 4. The lowest BCUT2D eigenvalue weighted by molar-refractivity contribution is 0.260. The maximum absolute atomic E-state index is 12.6. The molecule has 4 nitrogen and oxygen atoms in total. The van der Waals surface area contributed by atoms with E-state index < -0.39 is 8.32 Å². The van der Waals surface area contributed by atoms with Crippen LogP contribution in [0.15, 0.2) is 97.2 Å². The largest absolute Gasteiger partial charge is 0.489 e. The summed E-state index contributed by atoms with van der Waals surface area (Å²) in [5.41, 5.74) is 2.17. The van der Waals surface area contributed by atoms with Crippen LogP contribution in [0.4, 0.5) is 0 Å². The number of nitrogens with zero attached hydrogens (tertiary/aromatic N) is 2. The summed E-state index contributed by atoms with van der Waals surface area (Å²) in [5, 5.41) is 1.88. The van der Waals surface area contributed by atoms with E-state index in [1.165, 1.54) is 5.56 Å². The fourth-order valence-electron chi connectivity index (χ4n) is 6.09. The molecule has 0 spiro atoms. The normalized spacial score (nSPS) is 19.2. The molecule has 5 rings (SSSR count). The van der Waals surface area contributed by atoms with Gasteiger partial charge in [-0.1, -0.05) is 105 Å². The van der Waals surface area contributed by atoms with Crippen molar-refractivity contribution in [1.82, 2.24) is 9.97 Å². The van der Waals surface area contributed by atoms with Crippen LogP contribution in [0.3, 0.4) is 0 Å². The van der Waals surface area contributed by atoms with E-state index in [1.807, 2.05) is 50.2 Å². The van der Waals surface area contributed by atoms with Crippen molar-refractivity contribution >= 4 is 18.7 Å². The van der Waals surface area contributed by atoms with Crippen LogP contribution in [0.25, 0.3) is 0 Å². The van der Waals surface area contributed by atoms with Gasteiger partial charge in [0.2, 0.25) is 0 Å². The van der Waals surface area contributed by atoms with Crippen molar-refractivity contribution in [3.8, 4) is 5.75 Å². The van der Waals surface area contributed by atoms with Crippen LogP contribution in [-0.2, 0) is 5.41 Å². The van der Waals surface area contributed by atoms with E-state index in [0.29, 0.717) is 12.5 Å². The van der Waals surface area contributed by atoms with Crippen molar-refractivity contribution in [2.45, 2.75) is 57.4 Å². The Balaban J connectivity index is 1.39. The average molecular weight is 523 g/mol. The van der Waals surface area contributed by atoms with E-state index in [0.717, 1.165) is 46.9 Å². The third-order valence-corrected chi connectivity index (χ3v) is 13.1. The molecule has 0 amide bonds. The SMILES string of the molecule is Cc1ncc(OC[C@@]2(c3ccccc3)C[C@H]2CCC(C)(C)[Si](O)(c2ccccc2)c2ccccc2)c(C)n1. The lowest BCUT2D eigenvalue weighted by Gasteiger charge is -2.41. The number of aryl methyl sites for hydroxylation is 2. The molecule has 1 aromatic heterocycles. The van der Waals surface area contributed by atoms with E-state index in [1.54, 1.807) is 6.20 Å². The molecule has 1 aliphatic rings. The second kappa shape index (κ2) is 10.5. The Hall–Kier alpha value is -3.28. The highest BCUT2D eigenvalue weighted by Crippen LogP contribution is 2.58. The molecule has 0 aliphatic heterocycles. The number of benzene rings is 3. The van der Waals surface area contributed by atoms with Crippen molar-refractivity contribution in [3.05, 3.63) is 114 Å². The third-order valence-electron chi connectivity index (χ3n) is 8.60. The summed E-state index contributed by atoms with van der Waals surface area (Å²) in [5.74, 6) is 2.00. The van der Waals surface area contributed by atoms with Crippen molar-refractivity contribution in [1.29, 1.82) is 0 Å². The molecular formula is C33H38N2O2Si. The van der Waals surface area contributed by atoms with Gasteiger partial charge >= 0.3 is 0 Å². The van der Waals surface area contributed by atoms with Gasteiger partial charge in [-0.2, -0.15) is 0 Å². The van der Waals surface area contributed by atoms with Crippen molar-refractivity contribution in [2.24, 2.45) is 5.92 Å². The molecule has 4 aromatic rings. The summed E-state index contributed by atoms with van der Waals surface area (Å²) in [6.45, 7) is 9.00. The average Bonchev–Trinajstić information content (AvgIpc) is 3.66. The molecule has 1 saturated carbocycles. The summed E-state index contributed by atoms with van der Waals surface area (Å²) in [7, 11) is -3.03. The minimum Gasteiger partial charge on any atom is -0.489 e. The summed E-state index contributed by atoms with van der Waals surface area (Å²) >= 11 is 0. The molecule has 0 saturated heterocycles. The van der Waals surface area contributed by atoms with Crippen LogP contribution in [0.2, 0.25) is 5.04 Å². The maximum atomic E-state index is 12.6. The van der Waals surface area contributed by atoms with Crippen LogP contribution in [0.1, 0.15) is 50.2 Å². The second-order valence-electron chi connectivity index (χ2n) is 11.4. The number of aromatic nitrogens is 2. The monoisotopic (exact) mass is 522 g/mol. The van der Waals surface area contributed by atoms with Crippen LogP contribution < -0.4 is 15.1 Å². The van der Waals surface area contributed by atoms with E-state index in [9.17, 15) is 4.80 Å². The van der Waals surface area contributed by atoms with Gasteiger partial charge in [-0.25, -0.2) is 9.97 Å². The molecule has 5 heteroatoms. The zero-order chi connectivity index (χ0) is 26.8.